The zero-order chi connectivity index (χ0) is 21.5. The minimum absolute atomic E-state index is 0.151. The first-order valence-corrected chi connectivity index (χ1v) is 9.89. The Hall–Kier alpha value is -4.19. The van der Waals surface area contributed by atoms with Crippen molar-refractivity contribution < 1.29 is 9.63 Å². The molecule has 0 unspecified atom stereocenters. The summed E-state index contributed by atoms with van der Waals surface area (Å²) in [7, 11) is 1.49. The van der Waals surface area contributed by atoms with Crippen molar-refractivity contribution in [1.82, 2.24) is 15.1 Å². The monoisotopic (exact) mass is 410 g/mol. The molecule has 1 aromatic heterocycles. The molecule has 3 aromatic carbocycles. The molecule has 0 fully saturated rings. The second-order valence-corrected chi connectivity index (χ2v) is 6.87. The molecule has 1 amide bonds. The third kappa shape index (κ3) is 4.87. The number of rotatable bonds is 7. The molecule has 4 aromatic rings. The molecule has 4 rings (SSSR count). The molecular formula is C25H22N4O2. The van der Waals surface area contributed by atoms with Crippen LogP contribution in [0.3, 0.4) is 0 Å². The van der Waals surface area contributed by atoms with Crippen molar-refractivity contribution in [1.29, 1.82) is 0 Å². The lowest BCUT2D eigenvalue weighted by atomic mass is 10.1. The molecule has 6 nitrogen and oxygen atoms in total. The third-order valence-electron chi connectivity index (χ3n) is 4.78. The third-order valence-corrected chi connectivity index (χ3v) is 4.78. The zero-order valence-electron chi connectivity index (χ0n) is 17.1. The van der Waals surface area contributed by atoms with E-state index in [1.54, 1.807) is 18.3 Å². The van der Waals surface area contributed by atoms with Crippen molar-refractivity contribution in [3.8, 4) is 16.9 Å². The molecule has 0 atom stereocenters. The van der Waals surface area contributed by atoms with E-state index >= 15 is 0 Å². The summed E-state index contributed by atoms with van der Waals surface area (Å²) in [4.78, 5) is 17.3. The summed E-state index contributed by atoms with van der Waals surface area (Å²) in [5.74, 6) is -0.151. The summed E-state index contributed by atoms with van der Waals surface area (Å²) >= 11 is 0. The van der Waals surface area contributed by atoms with E-state index in [1.807, 2.05) is 83.7 Å². The molecular weight excluding hydrogens is 388 g/mol. The molecule has 0 spiro atoms. The van der Waals surface area contributed by atoms with E-state index in [1.165, 1.54) is 7.11 Å². The number of hydrogen-bond donors (Lipinski definition) is 1. The summed E-state index contributed by atoms with van der Waals surface area (Å²) in [6.07, 6.45) is 3.55. The van der Waals surface area contributed by atoms with E-state index in [9.17, 15) is 4.79 Å². The molecule has 0 radical (unpaired) electrons. The summed E-state index contributed by atoms with van der Waals surface area (Å²) in [6, 6.07) is 27.0. The Labute approximate surface area is 180 Å². The van der Waals surface area contributed by atoms with Crippen LogP contribution in [0.2, 0.25) is 0 Å². The number of para-hydroxylation sites is 1. The molecule has 0 aliphatic carbocycles. The Morgan fingerprint density at radius 1 is 1.00 bits per heavy atom. The topological polar surface area (TPSA) is 68.5 Å². The van der Waals surface area contributed by atoms with Gasteiger partial charge < -0.3 is 10.2 Å². The number of hydrogen-bond acceptors (Lipinski definition) is 4. The summed E-state index contributed by atoms with van der Waals surface area (Å²) in [6.45, 7) is 0.364. The second kappa shape index (κ2) is 9.54. The van der Waals surface area contributed by atoms with E-state index < -0.39 is 0 Å². The zero-order valence-corrected chi connectivity index (χ0v) is 17.1. The number of nitrogens with zero attached hydrogens (tertiary/aromatic N) is 3. The van der Waals surface area contributed by atoms with Crippen LogP contribution in [0.1, 0.15) is 21.5 Å². The van der Waals surface area contributed by atoms with E-state index in [0.29, 0.717) is 12.1 Å². The predicted molar refractivity (Wildman–Crippen MR) is 121 cm³/mol. The quantitative estimate of drug-likeness (QED) is 0.362. The lowest BCUT2D eigenvalue weighted by molar-refractivity contribution is 0.0951. The maximum atomic E-state index is 12.7. The molecule has 1 N–H and O–H groups in total. The Morgan fingerprint density at radius 3 is 2.35 bits per heavy atom. The summed E-state index contributed by atoms with van der Waals surface area (Å²) in [5, 5.41) is 11.5. The number of amides is 1. The van der Waals surface area contributed by atoms with Gasteiger partial charge in [-0.2, -0.15) is 5.10 Å². The Balaban J connectivity index is 1.55. The average molecular weight is 410 g/mol. The highest BCUT2D eigenvalue weighted by molar-refractivity contribution is 5.95. The lowest BCUT2D eigenvalue weighted by Gasteiger charge is -2.06. The summed E-state index contributed by atoms with van der Waals surface area (Å²) in [5.41, 5.74) is 5.18. The number of aromatic nitrogens is 2. The van der Waals surface area contributed by atoms with E-state index in [-0.39, 0.29) is 5.91 Å². The normalized spacial score (nSPS) is 10.9. The molecule has 0 bridgehead atoms. The van der Waals surface area contributed by atoms with Crippen LogP contribution in [-0.2, 0) is 11.4 Å². The van der Waals surface area contributed by atoms with Crippen molar-refractivity contribution in [2.24, 2.45) is 5.16 Å². The predicted octanol–water partition coefficient (Wildman–Crippen LogP) is 4.45. The van der Waals surface area contributed by atoms with Gasteiger partial charge in [-0.05, 0) is 29.8 Å². The van der Waals surface area contributed by atoms with Crippen LogP contribution < -0.4 is 5.32 Å². The highest BCUT2D eigenvalue weighted by atomic mass is 16.6. The van der Waals surface area contributed by atoms with E-state index in [4.69, 9.17) is 5.10 Å². The highest BCUT2D eigenvalue weighted by Gasteiger charge is 2.14. The molecule has 0 aliphatic heterocycles. The van der Waals surface area contributed by atoms with Gasteiger partial charge in [-0.1, -0.05) is 65.8 Å². The van der Waals surface area contributed by atoms with Crippen LogP contribution in [0.15, 0.2) is 96.3 Å². The van der Waals surface area contributed by atoms with Gasteiger partial charge in [0, 0.05) is 29.4 Å². The number of carbonyl (C=O) groups is 1. The van der Waals surface area contributed by atoms with Crippen LogP contribution in [0.5, 0.6) is 0 Å². The maximum absolute atomic E-state index is 12.7. The van der Waals surface area contributed by atoms with Crippen LogP contribution in [0.4, 0.5) is 0 Å². The number of carbonyl (C=O) groups excluding carboxylic acids is 1. The second-order valence-electron chi connectivity index (χ2n) is 6.87. The fourth-order valence-electron chi connectivity index (χ4n) is 3.20. The van der Waals surface area contributed by atoms with Crippen LogP contribution in [0, 0.1) is 0 Å². The SMILES string of the molecule is CO/N=C/c1ccc(C(=O)NCc2cn(-c3ccccc3)nc2-c2ccccc2)cc1. The average Bonchev–Trinajstić information content (AvgIpc) is 3.27. The molecule has 0 saturated carbocycles. The number of nitrogens with one attached hydrogen (secondary N) is 1. The van der Waals surface area contributed by atoms with Gasteiger partial charge in [0.05, 0.1) is 17.6 Å². The van der Waals surface area contributed by atoms with E-state index in [2.05, 4.69) is 15.3 Å². The maximum Gasteiger partial charge on any atom is 0.251 e. The van der Waals surface area contributed by atoms with Gasteiger partial charge in [-0.3, -0.25) is 4.79 Å². The van der Waals surface area contributed by atoms with Gasteiger partial charge in [0.15, 0.2) is 0 Å². The lowest BCUT2D eigenvalue weighted by Crippen LogP contribution is -2.22. The van der Waals surface area contributed by atoms with Gasteiger partial charge in [-0.15, -0.1) is 0 Å². The molecule has 31 heavy (non-hydrogen) atoms. The molecule has 154 valence electrons. The Kier molecular flexibility index (Phi) is 6.18. The Bertz CT molecular complexity index is 1170. The van der Waals surface area contributed by atoms with Crippen molar-refractivity contribution in [3.05, 3.63) is 108 Å². The van der Waals surface area contributed by atoms with Crippen molar-refractivity contribution in [2.45, 2.75) is 6.54 Å². The molecule has 6 heteroatoms. The number of benzene rings is 3. The minimum atomic E-state index is -0.151. The first kappa shape index (κ1) is 20.1. The molecule has 0 aliphatic rings. The van der Waals surface area contributed by atoms with Gasteiger partial charge in [0.25, 0.3) is 5.91 Å². The van der Waals surface area contributed by atoms with Crippen molar-refractivity contribution in [2.75, 3.05) is 7.11 Å². The van der Waals surface area contributed by atoms with Gasteiger partial charge in [-0.25, -0.2) is 4.68 Å². The standard InChI is InChI=1S/C25H22N4O2/c1-31-27-16-19-12-14-21(15-13-19)25(30)26-17-22-18-29(23-10-6-3-7-11-23)28-24(22)20-8-4-2-5-9-20/h2-16,18H,17H2,1H3,(H,26,30)/b27-16+. The van der Waals surface area contributed by atoms with Crippen LogP contribution in [0.25, 0.3) is 16.9 Å². The smallest absolute Gasteiger partial charge is 0.251 e. The summed E-state index contributed by atoms with van der Waals surface area (Å²) < 4.78 is 1.84. The molecule has 1 heterocycles. The van der Waals surface area contributed by atoms with Gasteiger partial charge >= 0.3 is 0 Å². The fourth-order valence-corrected chi connectivity index (χ4v) is 3.20. The van der Waals surface area contributed by atoms with Gasteiger partial charge in [0.1, 0.15) is 7.11 Å². The number of oxime groups is 1. The largest absolute Gasteiger partial charge is 0.399 e. The molecule has 0 saturated heterocycles. The van der Waals surface area contributed by atoms with Crippen molar-refractivity contribution in [3.63, 3.8) is 0 Å². The fraction of sp³-hybridized carbons (Fsp3) is 0.0800. The Morgan fingerprint density at radius 2 is 1.68 bits per heavy atom. The first-order valence-electron chi connectivity index (χ1n) is 9.89. The minimum Gasteiger partial charge on any atom is -0.399 e. The highest BCUT2D eigenvalue weighted by Crippen LogP contribution is 2.23. The van der Waals surface area contributed by atoms with Gasteiger partial charge in [0.2, 0.25) is 0 Å². The van der Waals surface area contributed by atoms with E-state index in [0.717, 1.165) is 28.1 Å². The first-order chi connectivity index (χ1) is 15.2. The van der Waals surface area contributed by atoms with Crippen LogP contribution in [-0.4, -0.2) is 29.0 Å². The van der Waals surface area contributed by atoms with Crippen molar-refractivity contribution >= 4 is 12.1 Å². The van der Waals surface area contributed by atoms with Crippen LogP contribution >= 0.6 is 0 Å².